The third-order valence-electron chi connectivity index (χ3n) is 8.00. The number of likely N-dealkylation sites (tertiary alicyclic amines) is 1. The highest BCUT2D eigenvalue weighted by Crippen LogP contribution is 2.40. The van der Waals surface area contributed by atoms with Gasteiger partial charge in [0.05, 0.1) is 14.2 Å². The van der Waals surface area contributed by atoms with Crippen molar-refractivity contribution in [2.45, 2.75) is 25.3 Å². The van der Waals surface area contributed by atoms with Crippen molar-refractivity contribution in [3.63, 3.8) is 0 Å². The maximum absolute atomic E-state index is 13.8. The van der Waals surface area contributed by atoms with E-state index in [2.05, 4.69) is 4.90 Å². The molecule has 4 amide bonds. The molecule has 5 rings (SSSR count). The minimum atomic E-state index is -1.49. The minimum Gasteiger partial charge on any atom is -0.493 e. The van der Waals surface area contributed by atoms with Gasteiger partial charge in [-0.2, -0.15) is 0 Å². The number of carbonyl (C=O) groups excluding carboxylic acids is 3. The smallest absolute Gasteiger partial charge is 0.332 e. The van der Waals surface area contributed by atoms with E-state index in [4.69, 9.17) is 9.47 Å². The predicted octanol–water partition coefficient (Wildman–Crippen LogP) is 1.56. The van der Waals surface area contributed by atoms with Crippen LogP contribution in [0.15, 0.2) is 41.2 Å². The molecule has 2 fully saturated rings. The molecule has 196 valence electrons. The van der Waals surface area contributed by atoms with Gasteiger partial charge in [0, 0.05) is 58.0 Å². The summed E-state index contributed by atoms with van der Waals surface area (Å²) < 4.78 is 12.6. The number of rotatable bonds is 6. The second kappa shape index (κ2) is 9.33. The fourth-order valence-corrected chi connectivity index (χ4v) is 6.32. The van der Waals surface area contributed by atoms with E-state index in [1.807, 2.05) is 16.7 Å². The first-order chi connectivity index (χ1) is 17.7. The summed E-state index contributed by atoms with van der Waals surface area (Å²) in [5, 5.41) is 0. The number of fused-ring (bicyclic) bond motifs is 4. The third-order valence-corrected chi connectivity index (χ3v) is 8.00. The van der Waals surface area contributed by atoms with Gasteiger partial charge in [-0.25, -0.2) is 4.79 Å². The standard InChI is InChI=1S/C27H32N4O6/c1-28-24(33)27(25(34)29(2)26(28)35,12-17-8-9-21(36-3)22(11-17)37-4)16-30-13-18-10-19(15-30)20-6-5-7-23(32)31(20)14-18/h5-9,11,18-19H,10,12-16H2,1-4H3. The van der Waals surface area contributed by atoms with E-state index in [9.17, 15) is 19.2 Å². The Kier molecular flexibility index (Phi) is 6.31. The van der Waals surface area contributed by atoms with Crippen molar-refractivity contribution in [2.75, 3.05) is 47.9 Å². The number of hydrogen-bond acceptors (Lipinski definition) is 7. The molecule has 0 saturated carbocycles. The molecule has 3 aliphatic rings. The fraction of sp³-hybridized carbons (Fsp3) is 0.481. The lowest BCUT2D eigenvalue weighted by Gasteiger charge is -2.48. The zero-order chi connectivity index (χ0) is 26.5. The first-order valence-electron chi connectivity index (χ1n) is 12.4. The van der Waals surface area contributed by atoms with E-state index in [0.29, 0.717) is 31.1 Å². The van der Waals surface area contributed by atoms with Crippen molar-refractivity contribution >= 4 is 17.8 Å². The Balaban J connectivity index is 1.51. The van der Waals surface area contributed by atoms with Crippen LogP contribution in [0, 0.1) is 11.3 Å². The van der Waals surface area contributed by atoms with Gasteiger partial charge in [-0.3, -0.25) is 24.2 Å². The lowest BCUT2D eigenvalue weighted by molar-refractivity contribution is -0.159. The number of imide groups is 2. The molecule has 2 atom stereocenters. The number of amides is 4. The zero-order valence-corrected chi connectivity index (χ0v) is 21.6. The van der Waals surface area contributed by atoms with Crippen LogP contribution < -0.4 is 15.0 Å². The van der Waals surface area contributed by atoms with Crippen LogP contribution in [0.25, 0.3) is 0 Å². The Bertz CT molecular complexity index is 1300. The van der Waals surface area contributed by atoms with E-state index in [1.165, 1.54) is 21.2 Å². The van der Waals surface area contributed by atoms with Crippen LogP contribution in [0.3, 0.4) is 0 Å². The number of benzene rings is 1. The predicted molar refractivity (Wildman–Crippen MR) is 135 cm³/mol. The molecular formula is C27H32N4O6. The molecule has 2 saturated heterocycles. The van der Waals surface area contributed by atoms with Crippen LogP contribution in [0.5, 0.6) is 11.5 Å². The molecule has 4 heterocycles. The number of aromatic nitrogens is 1. The molecule has 10 nitrogen and oxygen atoms in total. The second-order valence-electron chi connectivity index (χ2n) is 10.4. The number of hydrogen-bond donors (Lipinski definition) is 0. The molecule has 2 bridgehead atoms. The Morgan fingerprint density at radius 2 is 1.59 bits per heavy atom. The van der Waals surface area contributed by atoms with E-state index >= 15 is 0 Å². The topological polar surface area (TPSA) is 101 Å². The van der Waals surface area contributed by atoms with Crippen LogP contribution in [0.4, 0.5) is 4.79 Å². The molecule has 0 aliphatic carbocycles. The minimum absolute atomic E-state index is 0.00460. The summed E-state index contributed by atoms with van der Waals surface area (Å²) in [7, 11) is 5.92. The van der Waals surface area contributed by atoms with Crippen LogP contribution in [0.1, 0.15) is 23.6 Å². The zero-order valence-electron chi connectivity index (χ0n) is 21.6. The highest BCUT2D eigenvalue weighted by Gasteiger charge is 2.56. The summed E-state index contributed by atoms with van der Waals surface area (Å²) >= 11 is 0. The van der Waals surface area contributed by atoms with Gasteiger partial charge in [0.15, 0.2) is 11.5 Å². The Hall–Kier alpha value is -3.66. The number of ether oxygens (including phenoxy) is 2. The highest BCUT2D eigenvalue weighted by molar-refractivity contribution is 6.19. The van der Waals surface area contributed by atoms with Gasteiger partial charge in [0.1, 0.15) is 5.41 Å². The molecule has 1 aromatic heterocycles. The summed E-state index contributed by atoms with van der Waals surface area (Å²) in [4.78, 5) is 56.9. The van der Waals surface area contributed by atoms with Gasteiger partial charge in [-0.15, -0.1) is 0 Å². The van der Waals surface area contributed by atoms with Crippen LogP contribution in [0.2, 0.25) is 0 Å². The van der Waals surface area contributed by atoms with Crippen molar-refractivity contribution in [1.82, 2.24) is 19.3 Å². The Labute approximate surface area is 215 Å². The van der Waals surface area contributed by atoms with Gasteiger partial charge < -0.3 is 18.9 Å². The van der Waals surface area contributed by atoms with Crippen molar-refractivity contribution < 1.29 is 23.9 Å². The number of nitrogens with zero attached hydrogens (tertiary/aromatic N) is 4. The van der Waals surface area contributed by atoms with Crippen molar-refractivity contribution in [2.24, 2.45) is 11.3 Å². The van der Waals surface area contributed by atoms with Gasteiger partial charge in [-0.05, 0) is 42.5 Å². The maximum Gasteiger partial charge on any atom is 0.332 e. The molecule has 0 N–H and O–H groups in total. The summed E-state index contributed by atoms with van der Waals surface area (Å²) in [6, 6.07) is 10.1. The highest BCUT2D eigenvalue weighted by atomic mass is 16.5. The average molecular weight is 509 g/mol. The van der Waals surface area contributed by atoms with Gasteiger partial charge >= 0.3 is 6.03 Å². The van der Waals surface area contributed by atoms with Crippen LogP contribution in [-0.4, -0.2) is 85.1 Å². The van der Waals surface area contributed by atoms with E-state index in [1.54, 1.807) is 31.4 Å². The molecule has 3 aliphatic heterocycles. The molecule has 0 spiro atoms. The Morgan fingerprint density at radius 1 is 0.892 bits per heavy atom. The monoisotopic (exact) mass is 508 g/mol. The number of piperidine rings is 1. The molecule has 10 heteroatoms. The Morgan fingerprint density at radius 3 is 2.27 bits per heavy atom. The van der Waals surface area contributed by atoms with Gasteiger partial charge in [0.2, 0.25) is 11.8 Å². The molecule has 2 unspecified atom stereocenters. The van der Waals surface area contributed by atoms with Crippen molar-refractivity contribution in [3.8, 4) is 11.5 Å². The number of urea groups is 1. The average Bonchev–Trinajstić information content (AvgIpc) is 2.90. The van der Waals surface area contributed by atoms with Crippen molar-refractivity contribution in [1.29, 1.82) is 0 Å². The van der Waals surface area contributed by atoms with Crippen molar-refractivity contribution in [3.05, 3.63) is 58.0 Å². The molecule has 2 aromatic rings. The largest absolute Gasteiger partial charge is 0.493 e. The first kappa shape index (κ1) is 25.0. The maximum atomic E-state index is 13.8. The van der Waals surface area contributed by atoms with Gasteiger partial charge in [-0.1, -0.05) is 12.1 Å². The second-order valence-corrected chi connectivity index (χ2v) is 10.4. The summed E-state index contributed by atoms with van der Waals surface area (Å²) in [6.07, 6.45) is 1.07. The molecule has 0 radical (unpaired) electrons. The van der Waals surface area contributed by atoms with Gasteiger partial charge in [0.25, 0.3) is 5.56 Å². The third kappa shape index (κ3) is 4.09. The van der Waals surface area contributed by atoms with E-state index in [-0.39, 0.29) is 30.4 Å². The summed E-state index contributed by atoms with van der Waals surface area (Å²) in [6.45, 7) is 2.07. The summed E-state index contributed by atoms with van der Waals surface area (Å²) in [5.74, 6) is 0.383. The summed E-state index contributed by atoms with van der Waals surface area (Å²) in [5.41, 5.74) is 0.238. The quantitative estimate of drug-likeness (QED) is 0.546. The number of carbonyl (C=O) groups is 3. The number of methoxy groups -OCH3 is 2. The molecule has 1 aromatic carbocycles. The molecular weight excluding hydrogens is 476 g/mol. The SMILES string of the molecule is COc1ccc(CC2(CN3CC4CC(C3)c3cccc(=O)n3C4)C(=O)N(C)C(=O)N(C)C2=O)cc1OC. The number of pyridine rings is 1. The normalized spacial score (nSPS) is 23.2. The van der Waals surface area contributed by atoms with Crippen LogP contribution >= 0.6 is 0 Å². The number of barbiturate groups is 1. The fourth-order valence-electron chi connectivity index (χ4n) is 6.32. The lowest BCUT2D eigenvalue weighted by atomic mass is 9.75. The van der Waals surface area contributed by atoms with Crippen LogP contribution in [-0.2, 0) is 22.6 Å². The van der Waals surface area contributed by atoms with E-state index in [0.717, 1.165) is 27.5 Å². The van der Waals surface area contributed by atoms with E-state index < -0.39 is 23.3 Å². The molecule has 37 heavy (non-hydrogen) atoms. The lowest BCUT2D eigenvalue weighted by Crippen LogP contribution is -2.67. The first-order valence-corrected chi connectivity index (χ1v) is 12.4.